The summed E-state index contributed by atoms with van der Waals surface area (Å²) >= 11 is 0. The van der Waals surface area contributed by atoms with E-state index in [0.29, 0.717) is 12.6 Å². The molecule has 1 aromatic carbocycles. The van der Waals surface area contributed by atoms with Crippen LogP contribution >= 0.6 is 0 Å². The van der Waals surface area contributed by atoms with Crippen molar-refractivity contribution in [3.8, 4) is 0 Å². The Morgan fingerprint density at radius 2 is 2.16 bits per heavy atom. The lowest BCUT2D eigenvalue weighted by molar-refractivity contribution is -0.131. The Labute approximate surface area is 116 Å². The van der Waals surface area contributed by atoms with Gasteiger partial charge in [-0.1, -0.05) is 37.3 Å². The van der Waals surface area contributed by atoms with Gasteiger partial charge in [-0.2, -0.15) is 0 Å². The first-order valence-electron chi connectivity index (χ1n) is 7.30. The summed E-state index contributed by atoms with van der Waals surface area (Å²) in [6.45, 7) is 5.59. The minimum absolute atomic E-state index is 0.228. The molecule has 1 fully saturated rings. The Balaban J connectivity index is 1.97. The second-order valence-electron chi connectivity index (χ2n) is 5.35. The summed E-state index contributed by atoms with van der Waals surface area (Å²) in [5, 5.41) is 3.29. The molecule has 1 aliphatic rings. The van der Waals surface area contributed by atoms with Crippen LogP contribution in [-0.4, -0.2) is 29.9 Å². The van der Waals surface area contributed by atoms with Crippen molar-refractivity contribution >= 4 is 5.91 Å². The first-order valence-corrected chi connectivity index (χ1v) is 7.30. The summed E-state index contributed by atoms with van der Waals surface area (Å²) in [4.78, 5) is 14.3. The molecular weight excluding hydrogens is 236 g/mol. The lowest BCUT2D eigenvalue weighted by atomic mass is 10.0. The second-order valence-corrected chi connectivity index (χ2v) is 5.35. The molecule has 0 bridgehead atoms. The Kier molecular flexibility index (Phi) is 4.97. The maximum absolute atomic E-state index is 12.3. The largest absolute Gasteiger partial charge is 0.335 e. The first-order chi connectivity index (χ1) is 9.22. The number of nitrogens with one attached hydrogen (secondary N) is 1. The number of nitrogens with zero attached hydrogens (tertiary/aromatic N) is 1. The summed E-state index contributed by atoms with van der Waals surface area (Å²) in [5.74, 6) is 0.228. The summed E-state index contributed by atoms with van der Waals surface area (Å²) in [6.07, 6.45) is 3.24. The highest BCUT2D eigenvalue weighted by Crippen LogP contribution is 2.31. The zero-order valence-corrected chi connectivity index (χ0v) is 11.9. The van der Waals surface area contributed by atoms with Crippen LogP contribution in [0.25, 0.3) is 0 Å². The number of hydrogen-bond acceptors (Lipinski definition) is 2. The van der Waals surface area contributed by atoms with Gasteiger partial charge in [-0.25, -0.2) is 0 Å². The van der Waals surface area contributed by atoms with E-state index in [0.717, 1.165) is 25.8 Å². The number of benzene rings is 1. The predicted molar refractivity (Wildman–Crippen MR) is 77.9 cm³/mol. The molecule has 19 heavy (non-hydrogen) atoms. The molecule has 1 aromatic rings. The average Bonchev–Trinajstić information content (AvgIpc) is 2.94. The van der Waals surface area contributed by atoms with Gasteiger partial charge in [0.1, 0.15) is 0 Å². The van der Waals surface area contributed by atoms with Crippen LogP contribution in [0.4, 0.5) is 0 Å². The van der Waals surface area contributed by atoms with Crippen molar-refractivity contribution in [2.75, 3.05) is 13.1 Å². The number of carbonyl (C=O) groups excluding carboxylic acids is 1. The molecule has 0 spiro atoms. The molecule has 1 N–H and O–H groups in total. The van der Waals surface area contributed by atoms with Crippen molar-refractivity contribution in [2.24, 2.45) is 0 Å². The molecule has 1 saturated heterocycles. The molecule has 0 aromatic heterocycles. The van der Waals surface area contributed by atoms with Crippen LogP contribution in [0.15, 0.2) is 30.3 Å². The third-order valence-electron chi connectivity index (χ3n) is 3.97. The van der Waals surface area contributed by atoms with Gasteiger partial charge in [0, 0.05) is 12.6 Å². The molecule has 1 heterocycles. The molecule has 2 atom stereocenters. The zero-order valence-electron chi connectivity index (χ0n) is 11.9. The normalized spacial score (nSPS) is 20.5. The number of amides is 1. The zero-order chi connectivity index (χ0) is 13.7. The minimum atomic E-state index is 0.228. The third-order valence-corrected chi connectivity index (χ3v) is 3.97. The number of carbonyl (C=O) groups is 1. The van der Waals surface area contributed by atoms with E-state index in [1.54, 1.807) is 0 Å². The van der Waals surface area contributed by atoms with Crippen molar-refractivity contribution in [1.29, 1.82) is 0 Å². The monoisotopic (exact) mass is 260 g/mol. The Bertz CT molecular complexity index is 404. The fraction of sp³-hybridized carbons (Fsp3) is 0.562. The Morgan fingerprint density at radius 3 is 2.84 bits per heavy atom. The third kappa shape index (κ3) is 3.57. The molecule has 0 saturated carbocycles. The van der Waals surface area contributed by atoms with E-state index in [9.17, 15) is 4.79 Å². The minimum Gasteiger partial charge on any atom is -0.335 e. The predicted octanol–water partition coefficient (Wildman–Crippen LogP) is 2.74. The summed E-state index contributed by atoms with van der Waals surface area (Å²) in [5.41, 5.74) is 1.26. The first kappa shape index (κ1) is 14.1. The van der Waals surface area contributed by atoms with E-state index in [-0.39, 0.29) is 11.9 Å². The van der Waals surface area contributed by atoms with E-state index in [1.807, 2.05) is 23.1 Å². The fourth-order valence-electron chi connectivity index (χ4n) is 2.59. The van der Waals surface area contributed by atoms with Crippen molar-refractivity contribution in [1.82, 2.24) is 10.2 Å². The molecule has 104 valence electrons. The molecular formula is C16H24N2O. The Morgan fingerprint density at radius 1 is 1.42 bits per heavy atom. The SMILES string of the molecule is CCC(C)NCC(=O)N1CCCC1c1ccccc1. The lowest BCUT2D eigenvalue weighted by Gasteiger charge is -2.26. The van der Waals surface area contributed by atoms with Gasteiger partial charge in [-0.3, -0.25) is 4.79 Å². The van der Waals surface area contributed by atoms with Gasteiger partial charge in [-0.15, -0.1) is 0 Å². The van der Waals surface area contributed by atoms with Crippen LogP contribution in [0.3, 0.4) is 0 Å². The van der Waals surface area contributed by atoms with Crippen LogP contribution < -0.4 is 5.32 Å². The van der Waals surface area contributed by atoms with Crippen molar-refractivity contribution in [3.05, 3.63) is 35.9 Å². The van der Waals surface area contributed by atoms with Crippen LogP contribution in [-0.2, 0) is 4.79 Å². The van der Waals surface area contributed by atoms with Crippen LogP contribution in [0.5, 0.6) is 0 Å². The molecule has 2 unspecified atom stereocenters. The van der Waals surface area contributed by atoms with Crippen molar-refractivity contribution in [3.63, 3.8) is 0 Å². The van der Waals surface area contributed by atoms with Gasteiger partial charge in [-0.05, 0) is 31.7 Å². The van der Waals surface area contributed by atoms with E-state index in [4.69, 9.17) is 0 Å². The van der Waals surface area contributed by atoms with Gasteiger partial charge < -0.3 is 10.2 Å². The maximum Gasteiger partial charge on any atom is 0.237 e. The number of hydrogen-bond donors (Lipinski definition) is 1. The van der Waals surface area contributed by atoms with Crippen LogP contribution in [0, 0.1) is 0 Å². The Hall–Kier alpha value is -1.35. The summed E-state index contributed by atoms with van der Waals surface area (Å²) < 4.78 is 0. The van der Waals surface area contributed by atoms with E-state index >= 15 is 0 Å². The second kappa shape index (κ2) is 6.71. The average molecular weight is 260 g/mol. The smallest absolute Gasteiger partial charge is 0.237 e. The van der Waals surface area contributed by atoms with Gasteiger partial charge in [0.05, 0.1) is 12.6 Å². The number of likely N-dealkylation sites (tertiary alicyclic amines) is 1. The molecule has 1 aliphatic heterocycles. The highest BCUT2D eigenvalue weighted by molar-refractivity contribution is 5.79. The fourth-order valence-corrected chi connectivity index (χ4v) is 2.59. The summed E-state index contributed by atoms with van der Waals surface area (Å²) in [7, 11) is 0. The van der Waals surface area contributed by atoms with Gasteiger partial charge in [0.15, 0.2) is 0 Å². The van der Waals surface area contributed by atoms with E-state index in [1.165, 1.54) is 5.56 Å². The van der Waals surface area contributed by atoms with Crippen molar-refractivity contribution in [2.45, 2.75) is 45.2 Å². The topological polar surface area (TPSA) is 32.3 Å². The van der Waals surface area contributed by atoms with E-state index in [2.05, 4.69) is 31.3 Å². The van der Waals surface area contributed by atoms with Gasteiger partial charge >= 0.3 is 0 Å². The lowest BCUT2D eigenvalue weighted by Crippen LogP contribution is -2.40. The molecule has 0 aliphatic carbocycles. The highest BCUT2D eigenvalue weighted by Gasteiger charge is 2.29. The maximum atomic E-state index is 12.3. The molecule has 3 nitrogen and oxygen atoms in total. The van der Waals surface area contributed by atoms with Crippen LogP contribution in [0.2, 0.25) is 0 Å². The highest BCUT2D eigenvalue weighted by atomic mass is 16.2. The molecule has 1 amide bonds. The standard InChI is InChI=1S/C16H24N2O/c1-3-13(2)17-12-16(19)18-11-7-10-15(18)14-8-5-4-6-9-14/h4-6,8-9,13,15,17H,3,7,10-12H2,1-2H3. The molecule has 0 radical (unpaired) electrons. The van der Waals surface area contributed by atoms with E-state index < -0.39 is 0 Å². The number of rotatable bonds is 5. The van der Waals surface area contributed by atoms with Crippen molar-refractivity contribution < 1.29 is 4.79 Å². The van der Waals surface area contributed by atoms with Gasteiger partial charge in [0.25, 0.3) is 0 Å². The molecule has 3 heteroatoms. The van der Waals surface area contributed by atoms with Crippen LogP contribution in [0.1, 0.15) is 44.7 Å². The summed E-state index contributed by atoms with van der Waals surface area (Å²) in [6, 6.07) is 11.0. The van der Waals surface area contributed by atoms with Gasteiger partial charge in [0.2, 0.25) is 5.91 Å². The molecule has 2 rings (SSSR count). The quantitative estimate of drug-likeness (QED) is 0.883.